The number of aromatic amines is 1. The van der Waals surface area contributed by atoms with Crippen LogP contribution in [0.4, 0.5) is 0 Å². The number of hydrogen-bond acceptors (Lipinski definition) is 2. The van der Waals surface area contributed by atoms with Gasteiger partial charge in [-0.25, -0.2) is 0 Å². The molecular formula is C11H14ClN3. The van der Waals surface area contributed by atoms with Gasteiger partial charge in [-0.1, -0.05) is 23.7 Å². The number of benzene rings is 1. The number of aromatic nitrogens is 2. The van der Waals surface area contributed by atoms with Crippen molar-refractivity contribution >= 4 is 22.5 Å². The van der Waals surface area contributed by atoms with E-state index in [0.29, 0.717) is 5.15 Å². The Morgan fingerprint density at radius 3 is 2.87 bits per heavy atom. The van der Waals surface area contributed by atoms with Gasteiger partial charge in [0.1, 0.15) is 5.15 Å². The Balaban J connectivity index is 2.52. The number of nitrogens with one attached hydrogen (secondary N) is 1. The first-order chi connectivity index (χ1) is 6.97. The third-order valence-electron chi connectivity index (χ3n) is 2.27. The number of nitrogens with zero attached hydrogens (tertiary/aromatic N) is 1. The van der Waals surface area contributed by atoms with Crippen molar-refractivity contribution in [2.45, 2.75) is 25.8 Å². The molecule has 0 unspecified atom stereocenters. The van der Waals surface area contributed by atoms with Crippen molar-refractivity contribution in [3.05, 3.63) is 28.9 Å². The van der Waals surface area contributed by atoms with Gasteiger partial charge >= 0.3 is 0 Å². The molecule has 0 aliphatic heterocycles. The van der Waals surface area contributed by atoms with Crippen molar-refractivity contribution in [1.29, 1.82) is 0 Å². The van der Waals surface area contributed by atoms with E-state index in [1.807, 2.05) is 32.0 Å². The van der Waals surface area contributed by atoms with Gasteiger partial charge in [0.05, 0.1) is 5.52 Å². The summed E-state index contributed by atoms with van der Waals surface area (Å²) in [6, 6.07) is 5.97. The van der Waals surface area contributed by atoms with Gasteiger partial charge in [-0.15, -0.1) is 0 Å². The van der Waals surface area contributed by atoms with Crippen LogP contribution in [0.1, 0.15) is 19.4 Å². The highest BCUT2D eigenvalue weighted by atomic mass is 35.5. The minimum absolute atomic E-state index is 0.236. The number of rotatable bonds is 2. The molecule has 15 heavy (non-hydrogen) atoms. The zero-order valence-corrected chi connectivity index (χ0v) is 9.60. The smallest absolute Gasteiger partial charge is 0.132 e. The van der Waals surface area contributed by atoms with Gasteiger partial charge in [-0.2, -0.15) is 5.10 Å². The van der Waals surface area contributed by atoms with Gasteiger partial charge in [-0.3, -0.25) is 5.10 Å². The summed E-state index contributed by atoms with van der Waals surface area (Å²) in [5.74, 6) is 0. The largest absolute Gasteiger partial charge is 0.325 e. The van der Waals surface area contributed by atoms with E-state index in [0.717, 1.165) is 22.9 Å². The predicted octanol–water partition coefficient (Wildman–Crippen LogP) is 2.50. The molecule has 0 aliphatic carbocycles. The summed E-state index contributed by atoms with van der Waals surface area (Å²) >= 11 is 5.97. The molecule has 0 aliphatic rings. The van der Waals surface area contributed by atoms with E-state index in [1.54, 1.807) is 0 Å². The van der Waals surface area contributed by atoms with Crippen LogP contribution in [-0.4, -0.2) is 15.7 Å². The quantitative estimate of drug-likeness (QED) is 0.822. The van der Waals surface area contributed by atoms with Gasteiger partial charge in [0, 0.05) is 10.9 Å². The average molecular weight is 224 g/mol. The molecule has 0 atom stereocenters. The van der Waals surface area contributed by atoms with Crippen LogP contribution in [0.15, 0.2) is 18.2 Å². The fourth-order valence-corrected chi connectivity index (χ4v) is 1.89. The molecule has 3 N–H and O–H groups in total. The van der Waals surface area contributed by atoms with E-state index < -0.39 is 0 Å². The zero-order valence-electron chi connectivity index (χ0n) is 8.84. The Labute approximate surface area is 93.6 Å². The van der Waals surface area contributed by atoms with E-state index in [1.165, 1.54) is 0 Å². The molecule has 1 aromatic heterocycles. The lowest BCUT2D eigenvalue weighted by Gasteiger charge is -2.18. The SMILES string of the molecule is CC(C)(N)Cc1cccc2c(Cl)[nH]nc12. The number of hydrogen-bond donors (Lipinski definition) is 2. The van der Waals surface area contributed by atoms with Gasteiger partial charge in [0.25, 0.3) is 0 Å². The summed E-state index contributed by atoms with van der Waals surface area (Å²) in [6.45, 7) is 4.00. The molecule has 0 saturated heterocycles. The Morgan fingerprint density at radius 1 is 1.47 bits per heavy atom. The summed E-state index contributed by atoms with van der Waals surface area (Å²) in [4.78, 5) is 0. The maximum absolute atomic E-state index is 5.99. The number of H-pyrrole nitrogens is 1. The third kappa shape index (κ3) is 2.13. The number of fused-ring (bicyclic) bond motifs is 1. The van der Waals surface area contributed by atoms with Crippen molar-refractivity contribution in [2.75, 3.05) is 0 Å². The topological polar surface area (TPSA) is 54.7 Å². The minimum Gasteiger partial charge on any atom is -0.325 e. The lowest BCUT2D eigenvalue weighted by molar-refractivity contribution is 0.518. The molecule has 0 saturated carbocycles. The molecule has 1 aromatic carbocycles. The van der Waals surface area contributed by atoms with Gasteiger partial charge in [0.15, 0.2) is 0 Å². The molecule has 0 radical (unpaired) electrons. The Hall–Kier alpha value is -1.06. The highest BCUT2D eigenvalue weighted by molar-refractivity contribution is 6.34. The molecule has 1 heterocycles. The maximum Gasteiger partial charge on any atom is 0.132 e. The van der Waals surface area contributed by atoms with Crippen LogP contribution in [0.3, 0.4) is 0 Å². The summed E-state index contributed by atoms with van der Waals surface area (Å²) in [6.07, 6.45) is 0.783. The van der Waals surface area contributed by atoms with Crippen molar-refractivity contribution in [3.8, 4) is 0 Å². The molecule has 0 amide bonds. The lowest BCUT2D eigenvalue weighted by atomic mass is 9.95. The van der Waals surface area contributed by atoms with Gasteiger partial charge in [-0.05, 0) is 31.9 Å². The monoisotopic (exact) mass is 223 g/mol. The highest BCUT2D eigenvalue weighted by Crippen LogP contribution is 2.24. The van der Waals surface area contributed by atoms with Crippen LogP contribution < -0.4 is 5.73 Å². The van der Waals surface area contributed by atoms with E-state index in [-0.39, 0.29) is 5.54 Å². The lowest BCUT2D eigenvalue weighted by Crippen LogP contribution is -2.34. The zero-order chi connectivity index (χ0) is 11.1. The highest BCUT2D eigenvalue weighted by Gasteiger charge is 2.15. The summed E-state index contributed by atoms with van der Waals surface area (Å²) in [5.41, 5.74) is 7.80. The Morgan fingerprint density at radius 2 is 2.20 bits per heavy atom. The molecule has 0 fully saturated rings. The Kier molecular flexibility index (Phi) is 2.44. The van der Waals surface area contributed by atoms with Crippen molar-refractivity contribution in [3.63, 3.8) is 0 Å². The first kappa shape index (κ1) is 10.5. The average Bonchev–Trinajstić information content (AvgIpc) is 2.47. The molecule has 2 rings (SSSR count). The molecule has 80 valence electrons. The summed E-state index contributed by atoms with van der Waals surface area (Å²) in [7, 11) is 0. The molecular weight excluding hydrogens is 210 g/mol. The molecule has 0 bridgehead atoms. The van der Waals surface area contributed by atoms with Gasteiger partial charge < -0.3 is 5.73 Å². The summed E-state index contributed by atoms with van der Waals surface area (Å²) < 4.78 is 0. The predicted molar refractivity (Wildman–Crippen MR) is 63.1 cm³/mol. The number of halogens is 1. The van der Waals surface area contributed by atoms with Crippen LogP contribution in [0.2, 0.25) is 5.15 Å². The number of nitrogens with two attached hydrogens (primary N) is 1. The van der Waals surface area contributed by atoms with E-state index >= 15 is 0 Å². The molecule has 3 nitrogen and oxygen atoms in total. The third-order valence-corrected chi connectivity index (χ3v) is 2.56. The fraction of sp³-hybridized carbons (Fsp3) is 0.364. The van der Waals surface area contributed by atoms with Gasteiger partial charge in [0.2, 0.25) is 0 Å². The Bertz CT molecular complexity index is 482. The van der Waals surface area contributed by atoms with E-state index in [9.17, 15) is 0 Å². The van der Waals surface area contributed by atoms with E-state index in [4.69, 9.17) is 17.3 Å². The second-order valence-corrected chi connectivity index (χ2v) is 4.89. The van der Waals surface area contributed by atoms with Crippen molar-refractivity contribution in [2.24, 2.45) is 5.73 Å². The number of para-hydroxylation sites is 1. The minimum atomic E-state index is -0.236. The first-order valence-corrected chi connectivity index (χ1v) is 5.25. The summed E-state index contributed by atoms with van der Waals surface area (Å²) in [5, 5.41) is 8.51. The maximum atomic E-state index is 5.99. The van der Waals surface area contributed by atoms with Crippen LogP contribution in [0.25, 0.3) is 10.9 Å². The van der Waals surface area contributed by atoms with Crippen LogP contribution in [0, 0.1) is 0 Å². The van der Waals surface area contributed by atoms with Crippen LogP contribution >= 0.6 is 11.6 Å². The van der Waals surface area contributed by atoms with E-state index in [2.05, 4.69) is 10.2 Å². The first-order valence-electron chi connectivity index (χ1n) is 4.88. The normalized spacial score (nSPS) is 12.3. The van der Waals surface area contributed by atoms with Crippen molar-refractivity contribution in [1.82, 2.24) is 10.2 Å². The van der Waals surface area contributed by atoms with Crippen LogP contribution in [-0.2, 0) is 6.42 Å². The second-order valence-electron chi connectivity index (χ2n) is 4.52. The second kappa shape index (κ2) is 3.51. The van der Waals surface area contributed by atoms with Crippen LogP contribution in [0.5, 0.6) is 0 Å². The fourth-order valence-electron chi connectivity index (χ4n) is 1.70. The standard InChI is InChI=1S/C11H14ClN3/c1-11(2,13)6-7-4-3-5-8-9(7)14-15-10(8)12/h3-5H,6,13H2,1-2H3,(H,14,15). The van der Waals surface area contributed by atoms with Crippen molar-refractivity contribution < 1.29 is 0 Å². The molecule has 2 aromatic rings. The molecule has 0 spiro atoms. The molecule has 4 heteroatoms.